The molecule has 0 spiro atoms. The van der Waals surface area contributed by atoms with E-state index in [1.807, 2.05) is 39.0 Å². The van der Waals surface area contributed by atoms with E-state index >= 15 is 0 Å². The molecule has 2 aromatic rings. The number of hydrogen-bond donors (Lipinski definition) is 0. The van der Waals surface area contributed by atoms with Crippen molar-refractivity contribution in [1.82, 2.24) is 0 Å². The highest BCUT2D eigenvalue weighted by Gasteiger charge is 2.34. The number of aryl methyl sites for hydroxylation is 1. The molecule has 0 aromatic heterocycles. The topological polar surface area (TPSA) is 68.3 Å². The highest BCUT2D eigenvalue weighted by Crippen LogP contribution is 2.40. The van der Waals surface area contributed by atoms with Crippen molar-refractivity contribution in [1.29, 1.82) is 0 Å². The molecule has 40 heavy (non-hydrogen) atoms. The van der Waals surface area contributed by atoms with E-state index in [0.29, 0.717) is 19.3 Å². The van der Waals surface area contributed by atoms with Crippen molar-refractivity contribution >= 4 is 23.1 Å². The zero-order chi connectivity index (χ0) is 29.8. The number of fused-ring (bicyclic) bond motifs is 1. The molecule has 0 amide bonds. The lowest BCUT2D eigenvalue weighted by Crippen LogP contribution is -2.30. The van der Waals surface area contributed by atoms with Crippen molar-refractivity contribution < 1.29 is 19.2 Å². The van der Waals surface area contributed by atoms with Crippen LogP contribution in [-0.4, -0.2) is 23.1 Å². The van der Waals surface area contributed by atoms with Crippen LogP contribution in [0.15, 0.2) is 36.4 Å². The van der Waals surface area contributed by atoms with E-state index in [2.05, 4.69) is 39.0 Å². The molecule has 3 atom stereocenters. The van der Waals surface area contributed by atoms with Crippen LogP contribution < -0.4 is 0 Å². The van der Waals surface area contributed by atoms with Crippen molar-refractivity contribution in [2.24, 2.45) is 17.8 Å². The summed E-state index contributed by atoms with van der Waals surface area (Å²) in [6, 6.07) is 12.3. The Labute approximate surface area is 242 Å². The van der Waals surface area contributed by atoms with Crippen LogP contribution in [0.25, 0.3) is 11.1 Å². The largest absolute Gasteiger partial charge is 0.300 e. The third-order valence-electron chi connectivity index (χ3n) is 7.97. The number of rotatable bonds is 13. The Hall–Kier alpha value is -2.88. The zero-order valence-corrected chi connectivity index (χ0v) is 25.9. The van der Waals surface area contributed by atoms with Gasteiger partial charge in [-0.15, -0.1) is 0 Å². The van der Waals surface area contributed by atoms with Gasteiger partial charge in [-0.2, -0.15) is 0 Å². The maximum atomic E-state index is 13.4. The van der Waals surface area contributed by atoms with Crippen LogP contribution in [-0.2, 0) is 27.2 Å². The van der Waals surface area contributed by atoms with Crippen molar-refractivity contribution in [3.8, 4) is 11.1 Å². The summed E-state index contributed by atoms with van der Waals surface area (Å²) in [4.78, 5) is 49.8. The number of hydrogen-bond acceptors (Lipinski definition) is 4. The van der Waals surface area contributed by atoms with E-state index in [-0.39, 0.29) is 47.3 Å². The summed E-state index contributed by atoms with van der Waals surface area (Å²) in [5.41, 5.74) is 6.13. The first-order chi connectivity index (χ1) is 19.1. The Bertz CT molecular complexity index is 1160. The maximum absolute atomic E-state index is 13.4. The lowest BCUT2D eigenvalue weighted by molar-refractivity contribution is -0.130. The van der Waals surface area contributed by atoms with Gasteiger partial charge in [-0.05, 0) is 72.8 Å². The molecule has 0 saturated heterocycles. The number of carbonyl (C=O) groups excluding carboxylic acids is 4. The van der Waals surface area contributed by atoms with E-state index in [1.165, 1.54) is 13.3 Å². The van der Waals surface area contributed by atoms with E-state index in [1.54, 1.807) is 0 Å². The Morgan fingerprint density at radius 1 is 0.925 bits per heavy atom. The quantitative estimate of drug-likeness (QED) is 0.236. The van der Waals surface area contributed by atoms with Crippen molar-refractivity contribution in [3.05, 3.63) is 58.7 Å². The molecule has 0 aliphatic heterocycles. The van der Waals surface area contributed by atoms with Crippen LogP contribution in [0.5, 0.6) is 0 Å². The van der Waals surface area contributed by atoms with Crippen LogP contribution in [0.1, 0.15) is 120 Å². The van der Waals surface area contributed by atoms with Gasteiger partial charge in [0.15, 0.2) is 5.78 Å². The summed E-state index contributed by atoms with van der Waals surface area (Å²) in [6.07, 6.45) is 7.02. The van der Waals surface area contributed by atoms with Gasteiger partial charge in [-0.3, -0.25) is 19.2 Å². The Balaban J connectivity index is 0.00000178. The predicted octanol–water partition coefficient (Wildman–Crippen LogP) is 8.73. The lowest BCUT2D eigenvalue weighted by Gasteiger charge is -2.32. The fraction of sp³-hybridized carbons (Fsp3) is 0.556. The van der Waals surface area contributed by atoms with Crippen LogP contribution in [0.3, 0.4) is 0 Å². The van der Waals surface area contributed by atoms with Crippen LogP contribution >= 0.6 is 0 Å². The molecule has 0 heterocycles. The second-order valence-corrected chi connectivity index (χ2v) is 11.6. The van der Waals surface area contributed by atoms with Crippen LogP contribution in [0, 0.1) is 24.7 Å². The molecular weight excluding hydrogens is 496 g/mol. The minimum absolute atomic E-state index is 0.00828. The molecule has 218 valence electrons. The minimum Gasteiger partial charge on any atom is -0.300 e. The van der Waals surface area contributed by atoms with Gasteiger partial charge in [0, 0.05) is 30.7 Å². The fourth-order valence-corrected chi connectivity index (χ4v) is 6.16. The van der Waals surface area contributed by atoms with Gasteiger partial charge < -0.3 is 0 Å². The summed E-state index contributed by atoms with van der Waals surface area (Å²) in [7, 11) is 0. The van der Waals surface area contributed by atoms with Gasteiger partial charge in [-0.25, -0.2) is 0 Å². The molecule has 3 unspecified atom stereocenters. The predicted molar refractivity (Wildman–Crippen MR) is 165 cm³/mol. The molecule has 4 heteroatoms. The molecule has 0 radical (unpaired) electrons. The third kappa shape index (κ3) is 9.08. The van der Waals surface area contributed by atoms with Gasteiger partial charge in [-0.1, -0.05) is 90.3 Å². The van der Waals surface area contributed by atoms with E-state index in [0.717, 1.165) is 65.5 Å². The summed E-state index contributed by atoms with van der Waals surface area (Å²) < 4.78 is 0. The van der Waals surface area contributed by atoms with Gasteiger partial charge >= 0.3 is 0 Å². The molecule has 4 nitrogen and oxygen atoms in total. The summed E-state index contributed by atoms with van der Waals surface area (Å²) in [5.74, 6) is 0.620. The Kier molecular flexibility index (Phi) is 13.7. The first-order valence-corrected chi connectivity index (χ1v) is 15.4. The standard InChI is InChI=1S/C33H42O4.C3H8/c1-6-9-26(28(8-3)31(36)16-22(5)34)17-24-19-30-29(15-10-21(4)33(30)32(37)20-24)25-13-11-23(12-14-25)18-27(35)7-2;1-3-2/h10-15,24,26,28H,6-9,16-20H2,1-5H3;3H2,1-2H3. The van der Waals surface area contributed by atoms with E-state index in [4.69, 9.17) is 0 Å². The summed E-state index contributed by atoms with van der Waals surface area (Å²) in [6.45, 7) is 13.8. The zero-order valence-electron chi connectivity index (χ0n) is 25.9. The maximum Gasteiger partial charge on any atom is 0.163 e. The number of benzene rings is 2. The average Bonchev–Trinajstić information content (AvgIpc) is 2.90. The molecule has 0 bridgehead atoms. The smallest absolute Gasteiger partial charge is 0.163 e. The van der Waals surface area contributed by atoms with Crippen molar-refractivity contribution in [2.45, 2.75) is 113 Å². The molecule has 0 saturated carbocycles. The van der Waals surface area contributed by atoms with Gasteiger partial charge in [0.05, 0.1) is 6.42 Å². The van der Waals surface area contributed by atoms with Gasteiger partial charge in [0.2, 0.25) is 0 Å². The van der Waals surface area contributed by atoms with Crippen LogP contribution in [0.4, 0.5) is 0 Å². The lowest BCUT2D eigenvalue weighted by atomic mass is 9.71. The second-order valence-electron chi connectivity index (χ2n) is 11.6. The minimum atomic E-state index is -0.129. The molecular formula is C36H50O4. The van der Waals surface area contributed by atoms with Crippen molar-refractivity contribution in [2.75, 3.05) is 0 Å². The second kappa shape index (κ2) is 16.4. The molecule has 1 aliphatic rings. The average molecular weight is 547 g/mol. The Morgan fingerprint density at radius 2 is 1.57 bits per heavy atom. The van der Waals surface area contributed by atoms with Crippen molar-refractivity contribution in [3.63, 3.8) is 0 Å². The van der Waals surface area contributed by atoms with Gasteiger partial charge in [0.25, 0.3) is 0 Å². The molecule has 1 aliphatic carbocycles. The normalized spacial score (nSPS) is 15.9. The van der Waals surface area contributed by atoms with Gasteiger partial charge in [0.1, 0.15) is 17.3 Å². The Morgan fingerprint density at radius 3 is 2.12 bits per heavy atom. The fourth-order valence-electron chi connectivity index (χ4n) is 6.16. The molecule has 2 aromatic carbocycles. The number of ketones is 4. The SMILES string of the molecule is CCC.CCCC(CC1CC(=O)c2c(C)ccc(-c3ccc(CC(=O)CC)cc3)c2C1)C(CC)C(=O)CC(C)=O. The number of carbonyl (C=O) groups is 4. The monoisotopic (exact) mass is 546 g/mol. The van der Waals surface area contributed by atoms with Crippen LogP contribution in [0.2, 0.25) is 0 Å². The molecule has 0 N–H and O–H groups in total. The summed E-state index contributed by atoms with van der Waals surface area (Å²) >= 11 is 0. The number of Topliss-reactive ketones (excluding diaryl/α,β-unsaturated/α-hetero) is 4. The summed E-state index contributed by atoms with van der Waals surface area (Å²) in [5, 5.41) is 0. The first kappa shape index (κ1) is 33.3. The first-order valence-electron chi connectivity index (χ1n) is 15.4. The molecule has 0 fully saturated rings. The van der Waals surface area contributed by atoms with E-state index in [9.17, 15) is 19.2 Å². The highest BCUT2D eigenvalue weighted by molar-refractivity contribution is 6.02. The highest BCUT2D eigenvalue weighted by atomic mass is 16.1. The third-order valence-corrected chi connectivity index (χ3v) is 7.97. The van der Waals surface area contributed by atoms with E-state index < -0.39 is 0 Å². The molecule has 3 rings (SSSR count).